The lowest BCUT2D eigenvalue weighted by Crippen LogP contribution is -2.33. The van der Waals surface area contributed by atoms with Crippen molar-refractivity contribution in [2.45, 2.75) is 31.7 Å². The molecular weight excluding hydrogens is 304 g/mol. The molecule has 128 valence electrons. The van der Waals surface area contributed by atoms with Crippen molar-refractivity contribution < 1.29 is 14.6 Å². The number of ether oxygens (including phenoxy) is 2. The summed E-state index contributed by atoms with van der Waals surface area (Å²) in [6.07, 6.45) is 4.68. The Morgan fingerprint density at radius 2 is 2.00 bits per heavy atom. The van der Waals surface area contributed by atoms with E-state index in [-0.39, 0.29) is 12.7 Å². The summed E-state index contributed by atoms with van der Waals surface area (Å²) in [5.74, 6) is 0.797. The van der Waals surface area contributed by atoms with Gasteiger partial charge in [0.15, 0.2) is 0 Å². The zero-order valence-electron chi connectivity index (χ0n) is 14.0. The van der Waals surface area contributed by atoms with Crippen LogP contribution in [-0.2, 0) is 17.9 Å². The minimum atomic E-state index is 0.0807. The molecule has 3 rings (SSSR count). The molecular formula is C19H24N2O3. The first-order valence-corrected chi connectivity index (χ1v) is 8.27. The first-order valence-electron chi connectivity index (χ1n) is 8.27. The fourth-order valence-corrected chi connectivity index (χ4v) is 3.09. The number of benzene rings is 1. The lowest BCUT2D eigenvalue weighted by atomic mass is 10.1. The number of aromatic nitrogens is 1. The van der Waals surface area contributed by atoms with Crippen molar-refractivity contribution in [3.63, 3.8) is 0 Å². The van der Waals surface area contributed by atoms with E-state index in [2.05, 4.69) is 22.0 Å². The van der Waals surface area contributed by atoms with Crippen molar-refractivity contribution in [2.75, 3.05) is 20.3 Å². The highest BCUT2D eigenvalue weighted by Crippen LogP contribution is 2.23. The maximum Gasteiger partial charge on any atom is 0.137 e. The Morgan fingerprint density at radius 3 is 2.67 bits per heavy atom. The van der Waals surface area contributed by atoms with Crippen LogP contribution in [0.5, 0.6) is 5.75 Å². The summed E-state index contributed by atoms with van der Waals surface area (Å²) in [4.78, 5) is 6.48. The number of aliphatic hydroxyl groups is 1. The number of nitrogens with zero attached hydrogens (tertiary/aromatic N) is 2. The minimum Gasteiger partial charge on any atom is -0.490 e. The van der Waals surface area contributed by atoms with Crippen molar-refractivity contribution in [3.8, 4) is 5.75 Å². The predicted molar refractivity (Wildman–Crippen MR) is 91.7 cm³/mol. The summed E-state index contributed by atoms with van der Waals surface area (Å²) in [6, 6.07) is 12.2. The Kier molecular flexibility index (Phi) is 5.80. The van der Waals surface area contributed by atoms with Gasteiger partial charge in [-0.05, 0) is 29.7 Å². The first kappa shape index (κ1) is 16.9. The maximum atomic E-state index is 9.15. The highest BCUT2D eigenvalue weighted by molar-refractivity contribution is 5.22. The van der Waals surface area contributed by atoms with Gasteiger partial charge in [0.25, 0.3) is 0 Å². The van der Waals surface area contributed by atoms with Gasteiger partial charge in [-0.25, -0.2) is 0 Å². The van der Waals surface area contributed by atoms with Crippen LogP contribution in [-0.4, -0.2) is 47.4 Å². The normalized spacial score (nSPS) is 21.1. The molecule has 24 heavy (non-hydrogen) atoms. The van der Waals surface area contributed by atoms with Crippen LogP contribution in [0.3, 0.4) is 0 Å². The Balaban J connectivity index is 1.62. The van der Waals surface area contributed by atoms with Gasteiger partial charge < -0.3 is 14.6 Å². The number of likely N-dealkylation sites (tertiary alicyclic amines) is 1. The molecule has 1 N–H and O–H groups in total. The third-order valence-corrected chi connectivity index (χ3v) is 4.49. The van der Waals surface area contributed by atoms with Crippen LogP contribution in [0.4, 0.5) is 0 Å². The fourth-order valence-electron chi connectivity index (χ4n) is 3.09. The fraction of sp³-hybridized carbons (Fsp3) is 0.421. The van der Waals surface area contributed by atoms with E-state index in [1.54, 1.807) is 19.5 Å². The van der Waals surface area contributed by atoms with E-state index in [0.717, 1.165) is 30.8 Å². The lowest BCUT2D eigenvalue weighted by molar-refractivity contribution is 0.107. The Hall–Kier alpha value is -1.95. The third-order valence-electron chi connectivity index (χ3n) is 4.49. The summed E-state index contributed by atoms with van der Waals surface area (Å²) in [6.45, 7) is 2.46. The largest absolute Gasteiger partial charge is 0.490 e. The highest BCUT2D eigenvalue weighted by atomic mass is 16.5. The average molecular weight is 328 g/mol. The number of aliphatic hydroxyl groups excluding tert-OH is 1. The van der Waals surface area contributed by atoms with Crippen LogP contribution in [0.15, 0.2) is 48.8 Å². The van der Waals surface area contributed by atoms with Crippen LogP contribution < -0.4 is 4.74 Å². The van der Waals surface area contributed by atoms with E-state index in [1.807, 2.05) is 24.3 Å². The molecule has 0 radical (unpaired) electrons. The van der Waals surface area contributed by atoms with E-state index >= 15 is 0 Å². The molecule has 0 saturated carbocycles. The zero-order valence-corrected chi connectivity index (χ0v) is 14.0. The molecule has 2 heterocycles. The SMILES string of the molecule is CO[C@@H]1C[C@@H](COc2cccnc2)N(Cc2ccc(CO)cc2)C1. The van der Waals surface area contributed by atoms with Gasteiger partial charge in [-0.2, -0.15) is 0 Å². The van der Waals surface area contributed by atoms with Crippen LogP contribution >= 0.6 is 0 Å². The molecule has 1 aromatic heterocycles. The van der Waals surface area contributed by atoms with Crippen LogP contribution in [0.2, 0.25) is 0 Å². The summed E-state index contributed by atoms with van der Waals surface area (Å²) in [5, 5.41) is 9.15. The molecule has 0 aliphatic carbocycles. The minimum absolute atomic E-state index is 0.0807. The van der Waals surface area contributed by atoms with Gasteiger partial charge in [0, 0.05) is 32.4 Å². The third kappa shape index (κ3) is 4.32. The quantitative estimate of drug-likeness (QED) is 0.845. The molecule has 1 aromatic carbocycles. The van der Waals surface area contributed by atoms with Gasteiger partial charge in [-0.1, -0.05) is 24.3 Å². The molecule has 0 spiro atoms. The smallest absolute Gasteiger partial charge is 0.137 e. The van der Waals surface area contributed by atoms with Gasteiger partial charge in [0.1, 0.15) is 12.4 Å². The second kappa shape index (κ2) is 8.24. The van der Waals surface area contributed by atoms with Crippen LogP contribution in [0.1, 0.15) is 17.5 Å². The summed E-state index contributed by atoms with van der Waals surface area (Å²) in [7, 11) is 1.77. The molecule has 1 fully saturated rings. The van der Waals surface area contributed by atoms with Crippen molar-refractivity contribution >= 4 is 0 Å². The zero-order chi connectivity index (χ0) is 16.8. The Bertz CT molecular complexity index is 618. The summed E-state index contributed by atoms with van der Waals surface area (Å²) >= 11 is 0. The highest BCUT2D eigenvalue weighted by Gasteiger charge is 2.32. The van der Waals surface area contributed by atoms with E-state index in [1.165, 1.54) is 5.56 Å². The van der Waals surface area contributed by atoms with Gasteiger partial charge in [0.05, 0.1) is 18.9 Å². The van der Waals surface area contributed by atoms with E-state index in [9.17, 15) is 0 Å². The molecule has 1 aliphatic heterocycles. The molecule has 5 nitrogen and oxygen atoms in total. The van der Waals surface area contributed by atoms with Gasteiger partial charge in [-0.3, -0.25) is 9.88 Å². The lowest BCUT2D eigenvalue weighted by Gasteiger charge is -2.24. The van der Waals surface area contributed by atoms with E-state index in [0.29, 0.717) is 12.6 Å². The number of methoxy groups -OCH3 is 1. The van der Waals surface area contributed by atoms with Crippen molar-refractivity contribution in [2.24, 2.45) is 0 Å². The van der Waals surface area contributed by atoms with Crippen LogP contribution in [0.25, 0.3) is 0 Å². The molecule has 0 amide bonds. The monoisotopic (exact) mass is 328 g/mol. The summed E-state index contributed by atoms with van der Waals surface area (Å²) < 4.78 is 11.4. The average Bonchev–Trinajstić information content (AvgIpc) is 3.03. The molecule has 2 atom stereocenters. The van der Waals surface area contributed by atoms with Crippen molar-refractivity contribution in [3.05, 3.63) is 59.9 Å². The molecule has 5 heteroatoms. The number of rotatable bonds is 7. The second-order valence-corrected chi connectivity index (χ2v) is 6.15. The van der Waals surface area contributed by atoms with Gasteiger partial charge in [0.2, 0.25) is 0 Å². The summed E-state index contributed by atoms with van der Waals surface area (Å²) in [5.41, 5.74) is 2.17. The topological polar surface area (TPSA) is 54.8 Å². The molecule has 0 unspecified atom stereocenters. The standard InChI is InChI=1S/C19H24N2O3/c1-23-19-9-17(14-24-18-3-2-8-20-10-18)21(12-19)11-15-4-6-16(13-22)7-5-15/h2-8,10,17,19,22H,9,11-14H2,1H3/t17-,19+/m0/s1. The van der Waals surface area contributed by atoms with Crippen LogP contribution in [0, 0.1) is 0 Å². The van der Waals surface area contributed by atoms with Gasteiger partial charge in [-0.15, -0.1) is 0 Å². The number of hydrogen-bond acceptors (Lipinski definition) is 5. The Labute approximate surface area is 142 Å². The predicted octanol–water partition coefficient (Wildman–Crippen LogP) is 2.24. The first-order chi connectivity index (χ1) is 11.8. The van der Waals surface area contributed by atoms with Crippen molar-refractivity contribution in [1.29, 1.82) is 0 Å². The Morgan fingerprint density at radius 1 is 1.21 bits per heavy atom. The maximum absolute atomic E-state index is 9.15. The van der Waals surface area contributed by atoms with E-state index < -0.39 is 0 Å². The second-order valence-electron chi connectivity index (χ2n) is 6.15. The molecule has 0 bridgehead atoms. The van der Waals surface area contributed by atoms with Gasteiger partial charge >= 0.3 is 0 Å². The van der Waals surface area contributed by atoms with Crippen molar-refractivity contribution in [1.82, 2.24) is 9.88 Å². The molecule has 1 saturated heterocycles. The number of hydrogen-bond donors (Lipinski definition) is 1. The van der Waals surface area contributed by atoms with E-state index in [4.69, 9.17) is 14.6 Å². The molecule has 2 aromatic rings. The molecule has 1 aliphatic rings. The number of pyridine rings is 1.